The molecule has 1 saturated carbocycles. The van der Waals surface area contributed by atoms with Crippen molar-refractivity contribution in [2.24, 2.45) is 0 Å². The van der Waals surface area contributed by atoms with E-state index in [2.05, 4.69) is 21.3 Å². The highest BCUT2D eigenvalue weighted by Gasteiger charge is 2.33. The highest BCUT2D eigenvalue weighted by Crippen LogP contribution is 2.30. The molecule has 6 nitrogen and oxygen atoms in total. The van der Waals surface area contributed by atoms with Gasteiger partial charge in [-0.1, -0.05) is 12.1 Å². The Balaban J connectivity index is 1.79. The number of benzene rings is 1. The van der Waals surface area contributed by atoms with Crippen molar-refractivity contribution >= 4 is 22.8 Å². The van der Waals surface area contributed by atoms with Crippen LogP contribution < -0.4 is 10.2 Å². The van der Waals surface area contributed by atoms with E-state index in [0.29, 0.717) is 11.5 Å². The second-order valence-corrected chi connectivity index (χ2v) is 6.46. The molecule has 0 unspecified atom stereocenters. The summed E-state index contributed by atoms with van der Waals surface area (Å²) >= 11 is 0. The minimum Gasteiger partial charge on any atom is -0.355 e. The van der Waals surface area contributed by atoms with E-state index in [4.69, 9.17) is 4.98 Å². The number of nitrogens with one attached hydrogen (secondary N) is 1. The normalized spacial score (nSPS) is 18.4. The lowest BCUT2D eigenvalue weighted by molar-refractivity contribution is -0.121. The summed E-state index contributed by atoms with van der Waals surface area (Å²) in [5, 5.41) is 12.5. The minimum absolute atomic E-state index is 0.219. The molecule has 1 N–H and O–H groups in total. The van der Waals surface area contributed by atoms with Crippen LogP contribution in [-0.4, -0.2) is 35.0 Å². The molecule has 2 aromatic rings. The number of anilines is 1. The number of hydrogen-bond acceptors (Lipinski definition) is 5. The SMILES string of the molecule is N#C[C@@H](C(=O)NC1CC1)c1nc2ccccc2nc1N1CCCC1. The zero-order valence-corrected chi connectivity index (χ0v) is 13.4. The molecule has 2 fully saturated rings. The molecule has 1 aliphatic heterocycles. The van der Waals surface area contributed by atoms with Crippen LogP contribution in [0.2, 0.25) is 0 Å². The maximum absolute atomic E-state index is 12.5. The smallest absolute Gasteiger partial charge is 0.243 e. The molecule has 122 valence electrons. The Labute approximate surface area is 140 Å². The van der Waals surface area contributed by atoms with E-state index in [9.17, 15) is 10.1 Å². The molecular formula is C18H19N5O. The van der Waals surface area contributed by atoms with Gasteiger partial charge in [0.2, 0.25) is 5.91 Å². The number of aromatic nitrogens is 2. The summed E-state index contributed by atoms with van der Waals surface area (Å²) in [4.78, 5) is 24.0. The molecule has 1 atom stereocenters. The Morgan fingerprint density at radius 3 is 2.50 bits per heavy atom. The van der Waals surface area contributed by atoms with E-state index in [1.165, 1.54) is 0 Å². The Bertz CT molecular complexity index is 818. The number of carbonyl (C=O) groups is 1. The fraction of sp³-hybridized carbons (Fsp3) is 0.444. The van der Waals surface area contributed by atoms with Crippen molar-refractivity contribution in [3.8, 4) is 6.07 Å². The Morgan fingerprint density at radius 2 is 1.88 bits per heavy atom. The molecule has 0 spiro atoms. The third kappa shape index (κ3) is 2.78. The average molecular weight is 321 g/mol. The van der Waals surface area contributed by atoms with Crippen molar-refractivity contribution in [2.75, 3.05) is 18.0 Å². The summed E-state index contributed by atoms with van der Waals surface area (Å²) < 4.78 is 0. The molecule has 24 heavy (non-hydrogen) atoms. The largest absolute Gasteiger partial charge is 0.355 e. The van der Waals surface area contributed by atoms with Crippen LogP contribution >= 0.6 is 0 Å². The van der Waals surface area contributed by atoms with Crippen molar-refractivity contribution in [3.63, 3.8) is 0 Å². The van der Waals surface area contributed by atoms with Crippen LogP contribution in [0.4, 0.5) is 5.82 Å². The van der Waals surface area contributed by atoms with E-state index in [1.54, 1.807) is 0 Å². The summed E-state index contributed by atoms with van der Waals surface area (Å²) in [6, 6.07) is 9.95. The van der Waals surface area contributed by atoms with Crippen LogP contribution in [0, 0.1) is 11.3 Å². The molecule has 0 bridgehead atoms. The number of rotatable bonds is 4. The van der Waals surface area contributed by atoms with Gasteiger partial charge in [0, 0.05) is 19.1 Å². The van der Waals surface area contributed by atoms with Crippen LogP contribution in [0.3, 0.4) is 0 Å². The van der Waals surface area contributed by atoms with Gasteiger partial charge in [0.1, 0.15) is 5.69 Å². The number of carbonyl (C=O) groups excluding carboxylic acids is 1. The van der Waals surface area contributed by atoms with Crippen molar-refractivity contribution < 1.29 is 4.79 Å². The first-order valence-electron chi connectivity index (χ1n) is 8.48. The van der Waals surface area contributed by atoms with E-state index >= 15 is 0 Å². The van der Waals surface area contributed by atoms with Crippen LogP contribution in [-0.2, 0) is 4.79 Å². The molecule has 2 aliphatic rings. The maximum Gasteiger partial charge on any atom is 0.243 e. The summed E-state index contributed by atoms with van der Waals surface area (Å²) in [6.45, 7) is 1.78. The second kappa shape index (κ2) is 6.08. The first kappa shape index (κ1) is 14.9. The van der Waals surface area contributed by atoms with Gasteiger partial charge in [-0.2, -0.15) is 5.26 Å². The molecule has 6 heteroatoms. The number of para-hydroxylation sites is 2. The van der Waals surface area contributed by atoms with Crippen LogP contribution in [0.15, 0.2) is 24.3 Å². The molecule has 1 amide bonds. The fourth-order valence-corrected chi connectivity index (χ4v) is 3.12. The molecule has 2 heterocycles. The van der Waals surface area contributed by atoms with Gasteiger partial charge in [-0.15, -0.1) is 0 Å². The van der Waals surface area contributed by atoms with Crippen LogP contribution in [0.1, 0.15) is 37.3 Å². The molecule has 1 saturated heterocycles. The molecule has 0 radical (unpaired) electrons. The highest BCUT2D eigenvalue weighted by molar-refractivity contribution is 5.89. The topological polar surface area (TPSA) is 81.9 Å². The number of fused-ring (bicyclic) bond motifs is 1. The van der Waals surface area contributed by atoms with Crippen LogP contribution in [0.25, 0.3) is 11.0 Å². The monoisotopic (exact) mass is 321 g/mol. The predicted molar refractivity (Wildman–Crippen MR) is 90.5 cm³/mol. The summed E-state index contributed by atoms with van der Waals surface area (Å²) in [5.74, 6) is -0.493. The number of nitriles is 1. The molecular weight excluding hydrogens is 302 g/mol. The lowest BCUT2D eigenvalue weighted by atomic mass is 10.0. The Morgan fingerprint density at radius 1 is 1.21 bits per heavy atom. The number of nitrogens with zero attached hydrogens (tertiary/aromatic N) is 4. The third-order valence-corrected chi connectivity index (χ3v) is 4.57. The standard InChI is InChI=1S/C18H19N5O/c19-11-13(18(24)20-12-7-8-12)16-17(23-9-3-4-10-23)22-15-6-2-1-5-14(15)21-16/h1-2,5-6,12-13H,3-4,7-10H2,(H,20,24)/t13-/m1/s1. The third-order valence-electron chi connectivity index (χ3n) is 4.57. The molecule has 1 aliphatic carbocycles. The van der Waals surface area contributed by atoms with E-state index < -0.39 is 5.92 Å². The van der Waals surface area contributed by atoms with Gasteiger partial charge in [0.15, 0.2) is 11.7 Å². The zero-order chi connectivity index (χ0) is 16.5. The Hall–Kier alpha value is -2.68. The van der Waals surface area contributed by atoms with Crippen LogP contribution in [0.5, 0.6) is 0 Å². The highest BCUT2D eigenvalue weighted by atomic mass is 16.2. The van der Waals surface area contributed by atoms with Gasteiger partial charge in [-0.25, -0.2) is 9.97 Å². The van der Waals surface area contributed by atoms with E-state index in [-0.39, 0.29) is 11.9 Å². The van der Waals surface area contributed by atoms with E-state index in [1.807, 2.05) is 24.3 Å². The zero-order valence-electron chi connectivity index (χ0n) is 13.4. The minimum atomic E-state index is -0.918. The Kier molecular flexibility index (Phi) is 3.77. The quantitative estimate of drug-likeness (QED) is 0.932. The van der Waals surface area contributed by atoms with Crippen molar-refractivity contribution in [3.05, 3.63) is 30.0 Å². The van der Waals surface area contributed by atoms with Gasteiger partial charge < -0.3 is 10.2 Å². The number of hydrogen-bond donors (Lipinski definition) is 1. The summed E-state index contributed by atoms with van der Waals surface area (Å²) in [7, 11) is 0. The predicted octanol–water partition coefficient (Wildman–Crippen LogP) is 2.12. The van der Waals surface area contributed by atoms with Gasteiger partial charge in [-0.3, -0.25) is 4.79 Å². The van der Waals surface area contributed by atoms with Crippen molar-refractivity contribution in [2.45, 2.75) is 37.6 Å². The van der Waals surface area contributed by atoms with Gasteiger partial charge in [-0.05, 0) is 37.8 Å². The summed E-state index contributed by atoms with van der Waals surface area (Å²) in [6.07, 6.45) is 4.18. The molecule has 1 aromatic heterocycles. The number of amides is 1. The van der Waals surface area contributed by atoms with Crippen molar-refractivity contribution in [1.82, 2.24) is 15.3 Å². The van der Waals surface area contributed by atoms with Gasteiger partial charge in [0.05, 0.1) is 17.1 Å². The van der Waals surface area contributed by atoms with Crippen molar-refractivity contribution in [1.29, 1.82) is 5.26 Å². The molecule has 1 aromatic carbocycles. The lowest BCUT2D eigenvalue weighted by Crippen LogP contribution is -2.32. The average Bonchev–Trinajstić information content (AvgIpc) is 3.24. The lowest BCUT2D eigenvalue weighted by Gasteiger charge is -2.21. The van der Waals surface area contributed by atoms with Gasteiger partial charge in [0.25, 0.3) is 0 Å². The fourth-order valence-electron chi connectivity index (χ4n) is 3.12. The first-order chi connectivity index (χ1) is 11.8. The molecule has 4 rings (SSSR count). The first-order valence-corrected chi connectivity index (χ1v) is 8.48. The van der Waals surface area contributed by atoms with E-state index in [0.717, 1.165) is 49.8 Å². The summed E-state index contributed by atoms with van der Waals surface area (Å²) in [5.41, 5.74) is 1.99. The maximum atomic E-state index is 12.5. The second-order valence-electron chi connectivity index (χ2n) is 6.46. The van der Waals surface area contributed by atoms with Gasteiger partial charge >= 0.3 is 0 Å².